The smallest absolute Gasteiger partial charge is 0.418 e. The number of carbonyl (C=O) groups excluding carboxylic acids is 5. The number of anilines is 3. The van der Waals surface area contributed by atoms with Crippen LogP contribution in [0, 0.1) is 5.82 Å². The van der Waals surface area contributed by atoms with Crippen LogP contribution in [0.5, 0.6) is 0 Å². The lowest BCUT2D eigenvalue weighted by atomic mass is 9.94. The summed E-state index contributed by atoms with van der Waals surface area (Å²) in [5, 5.41) is 7.93. The normalized spacial score (nSPS) is 17.5. The number of carbonyl (C=O) groups is 5. The number of alkyl halides is 3. The van der Waals surface area contributed by atoms with E-state index >= 15 is 0 Å². The van der Waals surface area contributed by atoms with Crippen molar-refractivity contribution >= 4 is 47.1 Å². The summed E-state index contributed by atoms with van der Waals surface area (Å²) in [5.74, 6) is -2.68. The van der Waals surface area contributed by atoms with E-state index in [1.54, 1.807) is 51.1 Å². The fourth-order valence-corrected chi connectivity index (χ4v) is 5.71. The van der Waals surface area contributed by atoms with Gasteiger partial charge in [-0.25, -0.2) is 23.7 Å². The predicted octanol–water partition coefficient (Wildman–Crippen LogP) is 6.92. The molecule has 270 valence electrons. The Bertz CT molecular complexity index is 1840. The Labute approximate surface area is 290 Å². The molecule has 3 aromatic carbocycles. The molecule has 12 nitrogen and oxygen atoms in total. The molecule has 6 amide bonds. The van der Waals surface area contributed by atoms with Crippen LogP contribution in [0.25, 0.3) is 0 Å². The van der Waals surface area contributed by atoms with Gasteiger partial charge in [-0.3, -0.25) is 14.9 Å². The number of nitrogens with zero attached hydrogens (tertiary/aromatic N) is 2. The van der Waals surface area contributed by atoms with Crippen molar-refractivity contribution in [2.75, 3.05) is 22.5 Å². The maximum Gasteiger partial charge on any atom is 0.418 e. The molecule has 1 aliphatic heterocycles. The molecule has 3 aromatic rings. The van der Waals surface area contributed by atoms with Gasteiger partial charge in [0.15, 0.2) is 0 Å². The van der Waals surface area contributed by atoms with Gasteiger partial charge in [-0.2, -0.15) is 13.2 Å². The van der Waals surface area contributed by atoms with Gasteiger partial charge in [0, 0.05) is 35.6 Å². The number of nitrogens with one attached hydrogen (secondary N) is 3. The second-order valence-electron chi connectivity index (χ2n) is 13.1. The highest BCUT2D eigenvalue weighted by atomic mass is 19.4. The minimum atomic E-state index is -4.83. The van der Waals surface area contributed by atoms with E-state index in [1.165, 1.54) is 24.3 Å². The van der Waals surface area contributed by atoms with Crippen LogP contribution < -0.4 is 16.0 Å². The molecule has 0 saturated carbocycles. The average Bonchev–Trinajstić information content (AvgIpc) is 3.51. The number of ether oxygens (including phenoxy) is 2. The maximum atomic E-state index is 13.7. The molecule has 3 N–H and O–H groups in total. The first-order chi connectivity index (χ1) is 23.8. The summed E-state index contributed by atoms with van der Waals surface area (Å²) in [5.41, 5.74) is -0.136. The molecule has 5 rings (SSSR count). The highest BCUT2D eigenvalue weighted by Gasteiger charge is 2.58. The number of aryl methyl sites for hydroxylation is 1. The minimum absolute atomic E-state index is 0.00910. The van der Waals surface area contributed by atoms with E-state index in [1.807, 2.05) is 0 Å². The van der Waals surface area contributed by atoms with E-state index in [0.717, 1.165) is 19.1 Å². The second kappa shape index (κ2) is 13.9. The zero-order valence-electron chi connectivity index (χ0n) is 28.0. The molecule has 1 fully saturated rings. The molecule has 1 saturated heterocycles. The van der Waals surface area contributed by atoms with Crippen molar-refractivity contribution in [3.63, 3.8) is 0 Å². The molecule has 0 unspecified atom stereocenters. The molecule has 2 aliphatic rings. The molecule has 0 radical (unpaired) electrons. The molecule has 0 bridgehead atoms. The highest BCUT2D eigenvalue weighted by Crippen LogP contribution is 2.46. The van der Waals surface area contributed by atoms with E-state index in [9.17, 15) is 41.5 Å². The molecular formula is C35H35F4N5O7. The van der Waals surface area contributed by atoms with Crippen molar-refractivity contribution in [1.29, 1.82) is 0 Å². The Morgan fingerprint density at radius 1 is 0.922 bits per heavy atom. The highest BCUT2D eigenvalue weighted by molar-refractivity contribution is 6.06. The van der Waals surface area contributed by atoms with Crippen molar-refractivity contribution in [2.45, 2.75) is 70.5 Å². The lowest BCUT2D eigenvalue weighted by molar-refractivity contribution is -0.187. The molecule has 51 heavy (non-hydrogen) atoms. The molecule has 1 heterocycles. The number of hydrogen-bond donors (Lipinski definition) is 3. The van der Waals surface area contributed by atoms with Crippen LogP contribution in [0.15, 0.2) is 66.7 Å². The number of amides is 6. The Kier molecular flexibility index (Phi) is 9.99. The lowest BCUT2D eigenvalue weighted by Gasteiger charge is -2.31. The third kappa shape index (κ3) is 8.38. The standard InChI is InChI=1S/C35H35F4N5O7/c1-20(35(37,38)39)43(18-21-5-7-23(36)8-6-21)28(45)19-44-29(46)34(51-32(44)49)16-15-22-17-26(13-14-27(22)34)41-30(47)40-24-9-11-25(12-10-24)42-31(48)50-33(2,3)4/h5-14,17,20H,15-16,18-19H2,1-4H3,(H,42,48)(H2,40,41,47)/t20-,34+/m0/s1. The van der Waals surface area contributed by atoms with Gasteiger partial charge in [0.2, 0.25) is 11.5 Å². The summed E-state index contributed by atoms with van der Waals surface area (Å²) in [7, 11) is 0. The van der Waals surface area contributed by atoms with Gasteiger partial charge in [-0.15, -0.1) is 0 Å². The summed E-state index contributed by atoms with van der Waals surface area (Å²) in [6.45, 7) is 4.42. The largest absolute Gasteiger partial charge is 0.444 e. The van der Waals surface area contributed by atoms with E-state index in [-0.39, 0.29) is 18.4 Å². The first kappa shape index (κ1) is 36.6. The van der Waals surface area contributed by atoms with Crippen LogP contribution in [0.4, 0.5) is 49.0 Å². The number of fused-ring (bicyclic) bond motifs is 2. The summed E-state index contributed by atoms with van der Waals surface area (Å²) in [6, 6.07) is 12.5. The average molecular weight is 714 g/mol. The first-order valence-corrected chi connectivity index (χ1v) is 15.8. The van der Waals surface area contributed by atoms with Crippen molar-refractivity contribution in [1.82, 2.24) is 9.80 Å². The number of benzene rings is 3. The zero-order chi connectivity index (χ0) is 37.3. The number of urea groups is 1. The third-order valence-corrected chi connectivity index (χ3v) is 8.23. The molecular weight excluding hydrogens is 678 g/mol. The maximum absolute atomic E-state index is 13.7. The van der Waals surface area contributed by atoms with Crippen molar-refractivity contribution in [2.24, 2.45) is 0 Å². The Balaban J connectivity index is 1.23. The Morgan fingerprint density at radius 2 is 1.51 bits per heavy atom. The van der Waals surface area contributed by atoms with Gasteiger partial charge in [-0.1, -0.05) is 18.2 Å². The predicted molar refractivity (Wildman–Crippen MR) is 176 cm³/mol. The van der Waals surface area contributed by atoms with Gasteiger partial charge in [0.25, 0.3) is 5.91 Å². The summed E-state index contributed by atoms with van der Waals surface area (Å²) in [6.07, 6.45) is -6.38. The molecule has 16 heteroatoms. The van der Waals surface area contributed by atoms with Gasteiger partial charge in [-0.05, 0) is 93.8 Å². The second-order valence-corrected chi connectivity index (χ2v) is 13.1. The van der Waals surface area contributed by atoms with E-state index in [4.69, 9.17) is 9.47 Å². The van der Waals surface area contributed by atoms with E-state index in [0.29, 0.717) is 38.0 Å². The van der Waals surface area contributed by atoms with Gasteiger partial charge in [0.05, 0.1) is 0 Å². The number of imide groups is 1. The Hall–Kier alpha value is -5.67. The summed E-state index contributed by atoms with van der Waals surface area (Å²) < 4.78 is 65.3. The third-order valence-electron chi connectivity index (χ3n) is 8.23. The molecule has 0 aromatic heterocycles. The van der Waals surface area contributed by atoms with Crippen LogP contribution in [-0.4, -0.2) is 64.2 Å². The van der Waals surface area contributed by atoms with Crippen molar-refractivity contribution in [3.05, 3.63) is 89.2 Å². The van der Waals surface area contributed by atoms with Crippen LogP contribution in [0.2, 0.25) is 0 Å². The first-order valence-electron chi connectivity index (χ1n) is 15.8. The van der Waals surface area contributed by atoms with E-state index < -0.39 is 72.4 Å². The number of halogens is 4. The van der Waals surface area contributed by atoms with Crippen LogP contribution >= 0.6 is 0 Å². The Morgan fingerprint density at radius 3 is 2.12 bits per heavy atom. The minimum Gasteiger partial charge on any atom is -0.444 e. The van der Waals surface area contributed by atoms with Gasteiger partial charge < -0.3 is 25.0 Å². The number of hydrogen-bond acceptors (Lipinski definition) is 7. The fraction of sp³-hybridized carbons (Fsp3) is 0.343. The number of rotatable bonds is 8. The molecule has 2 atom stereocenters. The lowest BCUT2D eigenvalue weighted by Crippen LogP contribution is -2.51. The summed E-state index contributed by atoms with van der Waals surface area (Å²) in [4.78, 5) is 65.5. The zero-order valence-corrected chi connectivity index (χ0v) is 28.0. The van der Waals surface area contributed by atoms with E-state index in [2.05, 4.69) is 16.0 Å². The summed E-state index contributed by atoms with van der Waals surface area (Å²) >= 11 is 0. The van der Waals surface area contributed by atoms with Gasteiger partial charge >= 0.3 is 24.4 Å². The fourth-order valence-electron chi connectivity index (χ4n) is 5.71. The molecule has 1 spiro atoms. The van der Waals surface area contributed by atoms with Crippen molar-refractivity contribution < 1.29 is 51.0 Å². The van der Waals surface area contributed by atoms with Crippen LogP contribution in [0.3, 0.4) is 0 Å². The SMILES string of the molecule is C[C@H](N(Cc1ccc(F)cc1)C(=O)CN1C(=O)O[C@@]2(CCc3cc(NC(=O)Nc4ccc(NC(=O)OC(C)(C)C)cc4)ccc32)C1=O)C(F)(F)F. The van der Waals surface area contributed by atoms with Crippen LogP contribution in [0.1, 0.15) is 50.8 Å². The molecule has 1 aliphatic carbocycles. The quantitative estimate of drug-likeness (QED) is 0.215. The monoisotopic (exact) mass is 713 g/mol. The van der Waals surface area contributed by atoms with Gasteiger partial charge in [0.1, 0.15) is 24.0 Å². The van der Waals surface area contributed by atoms with Crippen LogP contribution in [-0.2, 0) is 37.6 Å². The topological polar surface area (TPSA) is 146 Å². The van der Waals surface area contributed by atoms with Crippen molar-refractivity contribution in [3.8, 4) is 0 Å².